The van der Waals surface area contributed by atoms with Gasteiger partial charge in [-0.15, -0.1) is 11.3 Å². The van der Waals surface area contributed by atoms with Crippen molar-refractivity contribution >= 4 is 28.1 Å². The second kappa shape index (κ2) is 6.12. The van der Waals surface area contributed by atoms with Crippen molar-refractivity contribution in [1.29, 1.82) is 0 Å². The van der Waals surface area contributed by atoms with Crippen LogP contribution in [0.5, 0.6) is 5.75 Å². The number of halogens is 3. The number of rotatable bonds is 4. The van der Waals surface area contributed by atoms with E-state index in [0.717, 1.165) is 22.1 Å². The summed E-state index contributed by atoms with van der Waals surface area (Å²) in [7, 11) is 0. The number of hydrogen-bond donors (Lipinski definition) is 1. The molecule has 0 unspecified atom stereocenters. The van der Waals surface area contributed by atoms with Gasteiger partial charge in [-0.3, -0.25) is 0 Å². The van der Waals surface area contributed by atoms with Crippen molar-refractivity contribution in [3.05, 3.63) is 58.0 Å². The Morgan fingerprint density at radius 2 is 1.96 bits per heavy atom. The molecule has 0 saturated carbocycles. The molecular weight excluding hydrogens is 343 g/mol. The van der Waals surface area contributed by atoms with E-state index in [1.807, 2.05) is 0 Å². The van der Waals surface area contributed by atoms with E-state index in [9.17, 15) is 23.1 Å². The third kappa shape index (κ3) is 3.18. The summed E-state index contributed by atoms with van der Waals surface area (Å²) in [4.78, 5) is 14.8. The van der Waals surface area contributed by atoms with Gasteiger partial charge in [0, 0.05) is 10.8 Å². The second-order valence-electron chi connectivity index (χ2n) is 4.88. The zero-order chi connectivity index (χ0) is 17.3. The molecule has 0 atom stereocenters. The van der Waals surface area contributed by atoms with Crippen LogP contribution in [0.25, 0.3) is 10.8 Å². The number of carboxylic acid groups (broad SMARTS) is 1. The summed E-state index contributed by atoms with van der Waals surface area (Å²) in [6.07, 6.45) is -4.51. The number of thiazole rings is 1. The van der Waals surface area contributed by atoms with E-state index in [4.69, 9.17) is 4.74 Å². The molecule has 0 aliphatic heterocycles. The molecule has 124 valence electrons. The van der Waals surface area contributed by atoms with Crippen molar-refractivity contribution in [2.45, 2.75) is 12.8 Å². The van der Waals surface area contributed by atoms with Gasteiger partial charge in [0.2, 0.25) is 0 Å². The molecule has 1 heterocycles. The molecule has 0 saturated heterocycles. The zero-order valence-electron chi connectivity index (χ0n) is 12.0. The lowest BCUT2D eigenvalue weighted by molar-refractivity contribution is -0.140. The molecule has 0 aliphatic carbocycles. The van der Waals surface area contributed by atoms with Crippen LogP contribution in [0.4, 0.5) is 13.2 Å². The van der Waals surface area contributed by atoms with Crippen molar-refractivity contribution < 1.29 is 27.8 Å². The molecule has 0 bridgehead atoms. The van der Waals surface area contributed by atoms with Gasteiger partial charge in [0.15, 0.2) is 5.69 Å². The van der Waals surface area contributed by atoms with Crippen molar-refractivity contribution in [2.24, 2.45) is 0 Å². The van der Waals surface area contributed by atoms with Gasteiger partial charge in [0.25, 0.3) is 0 Å². The Hall–Kier alpha value is -2.61. The minimum absolute atomic E-state index is 0.0544. The number of benzene rings is 2. The van der Waals surface area contributed by atoms with E-state index < -0.39 is 17.8 Å². The molecule has 0 amide bonds. The van der Waals surface area contributed by atoms with Crippen molar-refractivity contribution in [2.75, 3.05) is 0 Å². The van der Waals surface area contributed by atoms with Crippen LogP contribution >= 0.6 is 11.3 Å². The topological polar surface area (TPSA) is 59.4 Å². The summed E-state index contributed by atoms with van der Waals surface area (Å²) < 4.78 is 43.2. The van der Waals surface area contributed by atoms with Crippen LogP contribution < -0.4 is 4.74 Å². The number of nitrogens with zero attached hydrogens (tertiary/aromatic N) is 1. The summed E-state index contributed by atoms with van der Waals surface area (Å²) >= 11 is 0.812. The number of ether oxygens (including phenoxy) is 1. The van der Waals surface area contributed by atoms with E-state index in [-0.39, 0.29) is 22.9 Å². The molecule has 2 aromatic carbocycles. The van der Waals surface area contributed by atoms with Crippen LogP contribution in [0.2, 0.25) is 0 Å². The lowest BCUT2D eigenvalue weighted by Gasteiger charge is -2.11. The first-order chi connectivity index (χ1) is 11.4. The third-order valence-corrected chi connectivity index (χ3v) is 4.11. The number of carbonyl (C=O) groups is 1. The van der Waals surface area contributed by atoms with Gasteiger partial charge in [0.05, 0.1) is 0 Å². The summed E-state index contributed by atoms with van der Waals surface area (Å²) in [5.41, 5.74) is -1.04. The zero-order valence-corrected chi connectivity index (χ0v) is 12.8. The Bertz CT molecular complexity index is 905. The lowest BCUT2D eigenvalue weighted by atomic mass is 10.1. The van der Waals surface area contributed by atoms with E-state index >= 15 is 0 Å². The SMILES string of the molecule is O=C(O)c1ccc2ccccc2c1OCc1nc(C(F)(F)F)cs1. The molecule has 1 N–H and O–H groups in total. The molecule has 1 aromatic heterocycles. The van der Waals surface area contributed by atoms with E-state index in [1.54, 1.807) is 30.3 Å². The summed E-state index contributed by atoms with van der Waals surface area (Å²) in [5, 5.41) is 11.7. The number of aromatic carboxylic acids is 1. The van der Waals surface area contributed by atoms with Crippen molar-refractivity contribution in [3.8, 4) is 5.75 Å². The Labute approximate surface area is 138 Å². The average molecular weight is 353 g/mol. The van der Waals surface area contributed by atoms with E-state index in [1.165, 1.54) is 6.07 Å². The third-order valence-electron chi connectivity index (χ3n) is 3.29. The maximum Gasteiger partial charge on any atom is 0.434 e. The molecule has 0 aliphatic rings. The van der Waals surface area contributed by atoms with Gasteiger partial charge in [-0.1, -0.05) is 30.3 Å². The van der Waals surface area contributed by atoms with Gasteiger partial charge < -0.3 is 9.84 Å². The Balaban J connectivity index is 1.93. The molecule has 0 spiro atoms. The standard InChI is InChI=1S/C16H10F3NO3S/c17-16(18,19)12-8-24-13(20-12)7-23-14-10-4-2-1-3-9(10)5-6-11(14)15(21)22/h1-6,8H,7H2,(H,21,22). The first-order valence-corrected chi connectivity index (χ1v) is 7.63. The highest BCUT2D eigenvalue weighted by Gasteiger charge is 2.33. The quantitative estimate of drug-likeness (QED) is 0.745. The monoisotopic (exact) mass is 353 g/mol. The first kappa shape index (κ1) is 16.3. The highest BCUT2D eigenvalue weighted by atomic mass is 32.1. The number of fused-ring (bicyclic) bond motifs is 1. The molecule has 0 radical (unpaired) electrons. The molecule has 3 aromatic rings. The Morgan fingerprint density at radius 3 is 2.62 bits per heavy atom. The van der Waals surface area contributed by atoms with E-state index in [2.05, 4.69) is 4.98 Å². The number of alkyl halides is 3. The van der Waals surface area contributed by atoms with Gasteiger partial charge in [-0.2, -0.15) is 13.2 Å². The van der Waals surface area contributed by atoms with Crippen LogP contribution in [0.15, 0.2) is 41.8 Å². The minimum Gasteiger partial charge on any atom is -0.485 e. The van der Waals surface area contributed by atoms with Crippen LogP contribution in [-0.2, 0) is 12.8 Å². The van der Waals surface area contributed by atoms with Crippen LogP contribution in [-0.4, -0.2) is 16.1 Å². The van der Waals surface area contributed by atoms with Crippen LogP contribution in [0.3, 0.4) is 0 Å². The number of aromatic nitrogens is 1. The Kier molecular flexibility index (Phi) is 4.15. The average Bonchev–Trinajstić information content (AvgIpc) is 3.01. The van der Waals surface area contributed by atoms with Gasteiger partial charge in [0.1, 0.15) is 22.9 Å². The predicted molar refractivity (Wildman–Crippen MR) is 82.4 cm³/mol. The van der Waals surface area contributed by atoms with Gasteiger partial charge in [-0.25, -0.2) is 9.78 Å². The fraction of sp³-hybridized carbons (Fsp3) is 0.125. The highest BCUT2D eigenvalue weighted by molar-refractivity contribution is 7.09. The van der Waals surface area contributed by atoms with E-state index in [0.29, 0.717) is 5.39 Å². The molecule has 24 heavy (non-hydrogen) atoms. The number of carboxylic acids is 1. The summed E-state index contributed by atoms with van der Waals surface area (Å²) in [5.74, 6) is -1.06. The van der Waals surface area contributed by atoms with Crippen molar-refractivity contribution in [3.63, 3.8) is 0 Å². The maximum absolute atomic E-state index is 12.6. The molecule has 3 rings (SSSR count). The normalized spacial score (nSPS) is 11.6. The first-order valence-electron chi connectivity index (χ1n) is 6.75. The molecular formula is C16H10F3NO3S. The van der Waals surface area contributed by atoms with Crippen molar-refractivity contribution in [1.82, 2.24) is 4.98 Å². The largest absolute Gasteiger partial charge is 0.485 e. The lowest BCUT2D eigenvalue weighted by Crippen LogP contribution is -2.07. The smallest absolute Gasteiger partial charge is 0.434 e. The molecule has 0 fully saturated rings. The van der Waals surface area contributed by atoms with Gasteiger partial charge in [-0.05, 0) is 11.5 Å². The van der Waals surface area contributed by atoms with Gasteiger partial charge >= 0.3 is 12.1 Å². The summed E-state index contributed by atoms with van der Waals surface area (Å²) in [6, 6.07) is 10.1. The predicted octanol–water partition coefficient (Wildman–Crippen LogP) is 4.59. The minimum atomic E-state index is -4.51. The molecule has 4 nitrogen and oxygen atoms in total. The van der Waals surface area contributed by atoms with Crippen LogP contribution in [0, 0.1) is 0 Å². The fourth-order valence-corrected chi connectivity index (χ4v) is 2.92. The molecule has 8 heteroatoms. The number of hydrogen-bond acceptors (Lipinski definition) is 4. The Morgan fingerprint density at radius 1 is 1.21 bits per heavy atom. The summed E-state index contributed by atoms with van der Waals surface area (Å²) in [6.45, 7) is -0.241. The van der Waals surface area contributed by atoms with Crippen LogP contribution in [0.1, 0.15) is 21.1 Å². The second-order valence-corrected chi connectivity index (χ2v) is 5.82. The fourth-order valence-electron chi connectivity index (χ4n) is 2.21. The highest BCUT2D eigenvalue weighted by Crippen LogP contribution is 2.33. The maximum atomic E-state index is 12.6.